The second-order valence-electron chi connectivity index (χ2n) is 4.43. The summed E-state index contributed by atoms with van der Waals surface area (Å²) in [6, 6.07) is 8.02. The molecule has 0 saturated heterocycles. The normalized spacial score (nSPS) is 12.6. The molecule has 1 heterocycles. The van der Waals surface area contributed by atoms with E-state index in [1.165, 1.54) is 0 Å². The first-order chi connectivity index (χ1) is 9.26. The van der Waals surface area contributed by atoms with Gasteiger partial charge in [0.05, 0.1) is 6.61 Å². The lowest BCUT2D eigenvalue weighted by Gasteiger charge is -2.16. The molecular formula is C15H20N2O2. The van der Waals surface area contributed by atoms with Crippen LogP contribution in [0.4, 0.5) is 0 Å². The van der Waals surface area contributed by atoms with Crippen molar-refractivity contribution in [3.05, 3.63) is 36.0 Å². The van der Waals surface area contributed by atoms with E-state index in [9.17, 15) is 0 Å². The van der Waals surface area contributed by atoms with Crippen molar-refractivity contribution >= 4 is 10.8 Å². The van der Waals surface area contributed by atoms with Gasteiger partial charge in [0.25, 0.3) is 0 Å². The van der Waals surface area contributed by atoms with Gasteiger partial charge in [-0.3, -0.25) is 0 Å². The van der Waals surface area contributed by atoms with Crippen molar-refractivity contribution in [2.24, 2.45) is 5.73 Å². The van der Waals surface area contributed by atoms with Gasteiger partial charge in [0.15, 0.2) is 0 Å². The number of ether oxygens (including phenoxy) is 2. The van der Waals surface area contributed by atoms with Gasteiger partial charge in [0.2, 0.25) is 5.88 Å². The maximum atomic E-state index is 5.85. The second kappa shape index (κ2) is 6.50. The summed E-state index contributed by atoms with van der Waals surface area (Å²) >= 11 is 0. The molecule has 1 aromatic carbocycles. The van der Waals surface area contributed by atoms with Crippen LogP contribution in [0, 0.1) is 0 Å². The Balaban J connectivity index is 2.29. The molecule has 0 amide bonds. The highest BCUT2D eigenvalue weighted by Crippen LogP contribution is 2.26. The molecule has 0 aliphatic carbocycles. The van der Waals surface area contributed by atoms with Crippen molar-refractivity contribution in [3.8, 4) is 5.88 Å². The van der Waals surface area contributed by atoms with Crippen LogP contribution in [0.1, 0.15) is 19.4 Å². The highest BCUT2D eigenvalue weighted by molar-refractivity contribution is 5.89. The maximum Gasteiger partial charge on any atom is 0.221 e. The fourth-order valence-electron chi connectivity index (χ4n) is 1.99. The summed E-state index contributed by atoms with van der Waals surface area (Å²) in [4.78, 5) is 4.37. The smallest absolute Gasteiger partial charge is 0.221 e. The van der Waals surface area contributed by atoms with Gasteiger partial charge in [-0.1, -0.05) is 18.2 Å². The van der Waals surface area contributed by atoms with Crippen molar-refractivity contribution in [2.75, 3.05) is 13.2 Å². The van der Waals surface area contributed by atoms with E-state index in [0.717, 1.165) is 16.3 Å². The van der Waals surface area contributed by atoms with E-state index < -0.39 is 0 Å². The Morgan fingerprint density at radius 3 is 2.68 bits per heavy atom. The monoisotopic (exact) mass is 260 g/mol. The zero-order chi connectivity index (χ0) is 13.7. The van der Waals surface area contributed by atoms with Gasteiger partial charge in [-0.25, -0.2) is 4.98 Å². The van der Waals surface area contributed by atoms with Gasteiger partial charge in [-0.15, -0.1) is 0 Å². The van der Waals surface area contributed by atoms with Gasteiger partial charge >= 0.3 is 0 Å². The fourth-order valence-corrected chi connectivity index (χ4v) is 1.99. The molecule has 1 aromatic heterocycles. The average molecular weight is 260 g/mol. The molecule has 4 heteroatoms. The van der Waals surface area contributed by atoms with Crippen molar-refractivity contribution in [2.45, 2.75) is 26.5 Å². The summed E-state index contributed by atoms with van der Waals surface area (Å²) in [7, 11) is 0. The van der Waals surface area contributed by atoms with Crippen LogP contribution in [0.2, 0.25) is 0 Å². The largest absolute Gasteiger partial charge is 0.472 e. The van der Waals surface area contributed by atoms with E-state index in [0.29, 0.717) is 25.6 Å². The van der Waals surface area contributed by atoms with Crippen LogP contribution in [0.5, 0.6) is 5.88 Å². The van der Waals surface area contributed by atoms with Crippen LogP contribution >= 0.6 is 0 Å². The molecule has 1 unspecified atom stereocenters. The minimum Gasteiger partial charge on any atom is -0.472 e. The molecular weight excluding hydrogens is 240 g/mol. The Bertz CT molecular complexity index is 543. The van der Waals surface area contributed by atoms with Gasteiger partial charge in [-0.05, 0) is 30.9 Å². The summed E-state index contributed by atoms with van der Waals surface area (Å²) in [5.41, 5.74) is 6.76. The number of aromatic nitrogens is 1. The molecule has 2 N–H and O–H groups in total. The van der Waals surface area contributed by atoms with Crippen molar-refractivity contribution < 1.29 is 9.47 Å². The van der Waals surface area contributed by atoms with Gasteiger partial charge in [0.1, 0.15) is 6.10 Å². The topological polar surface area (TPSA) is 57.4 Å². The van der Waals surface area contributed by atoms with Crippen molar-refractivity contribution in [1.82, 2.24) is 4.98 Å². The molecule has 0 fully saturated rings. The van der Waals surface area contributed by atoms with Crippen molar-refractivity contribution in [1.29, 1.82) is 0 Å². The number of fused-ring (bicyclic) bond motifs is 1. The summed E-state index contributed by atoms with van der Waals surface area (Å²) in [5, 5.41) is 2.09. The third-order valence-electron chi connectivity index (χ3n) is 2.93. The Hall–Kier alpha value is -1.65. The van der Waals surface area contributed by atoms with E-state index in [2.05, 4.69) is 4.98 Å². The minimum atomic E-state index is -0.0282. The van der Waals surface area contributed by atoms with Crippen LogP contribution in [0.3, 0.4) is 0 Å². The number of hydrogen-bond acceptors (Lipinski definition) is 4. The third kappa shape index (κ3) is 3.22. The summed E-state index contributed by atoms with van der Waals surface area (Å²) in [5.74, 6) is 0.639. The van der Waals surface area contributed by atoms with E-state index in [4.69, 9.17) is 15.2 Å². The number of pyridine rings is 1. The molecule has 19 heavy (non-hydrogen) atoms. The molecule has 2 aromatic rings. The highest BCUT2D eigenvalue weighted by atomic mass is 16.5. The lowest BCUT2D eigenvalue weighted by atomic mass is 10.1. The van der Waals surface area contributed by atoms with Gasteiger partial charge < -0.3 is 15.2 Å². The van der Waals surface area contributed by atoms with E-state index in [1.54, 1.807) is 6.20 Å². The minimum absolute atomic E-state index is 0.0282. The number of hydrogen-bond donors (Lipinski definition) is 1. The Kier molecular flexibility index (Phi) is 4.71. The molecule has 0 bridgehead atoms. The molecule has 2 rings (SSSR count). The molecule has 102 valence electrons. The van der Waals surface area contributed by atoms with Crippen LogP contribution < -0.4 is 10.5 Å². The zero-order valence-corrected chi connectivity index (χ0v) is 11.4. The quantitative estimate of drug-likeness (QED) is 0.867. The fraction of sp³-hybridized carbons (Fsp3) is 0.400. The molecule has 0 saturated carbocycles. The van der Waals surface area contributed by atoms with Crippen LogP contribution in [0.15, 0.2) is 30.5 Å². The van der Waals surface area contributed by atoms with E-state index in [1.807, 2.05) is 38.1 Å². The first-order valence-corrected chi connectivity index (χ1v) is 6.57. The molecule has 0 spiro atoms. The first kappa shape index (κ1) is 13.8. The van der Waals surface area contributed by atoms with Crippen LogP contribution in [0.25, 0.3) is 10.8 Å². The zero-order valence-electron chi connectivity index (χ0n) is 11.4. The summed E-state index contributed by atoms with van der Waals surface area (Å²) in [6.45, 7) is 5.67. The van der Waals surface area contributed by atoms with Crippen LogP contribution in [-0.4, -0.2) is 24.3 Å². The molecule has 0 radical (unpaired) electrons. The number of nitrogens with zero attached hydrogens (tertiary/aromatic N) is 1. The second-order valence-corrected chi connectivity index (χ2v) is 4.43. The summed E-state index contributed by atoms with van der Waals surface area (Å²) < 4.78 is 11.2. The lowest BCUT2D eigenvalue weighted by molar-refractivity contribution is 0.0642. The molecule has 4 nitrogen and oxygen atoms in total. The number of benzene rings is 1. The van der Waals surface area contributed by atoms with E-state index in [-0.39, 0.29) is 6.10 Å². The SMILES string of the molecule is CCOCC(C)Oc1ncc(CN)c2ccccc12. The third-order valence-corrected chi connectivity index (χ3v) is 2.93. The summed E-state index contributed by atoms with van der Waals surface area (Å²) in [6.07, 6.45) is 1.75. The van der Waals surface area contributed by atoms with Crippen LogP contribution in [-0.2, 0) is 11.3 Å². The molecule has 0 aliphatic heterocycles. The predicted molar refractivity (Wildman–Crippen MR) is 76.2 cm³/mol. The number of nitrogens with two attached hydrogens (primary N) is 1. The molecule has 1 atom stereocenters. The average Bonchev–Trinajstić information content (AvgIpc) is 2.45. The molecule has 0 aliphatic rings. The predicted octanol–water partition coefficient (Wildman–Crippen LogP) is 2.50. The lowest BCUT2D eigenvalue weighted by Crippen LogP contribution is -2.19. The Labute approximate surface area is 113 Å². The van der Waals surface area contributed by atoms with Crippen molar-refractivity contribution in [3.63, 3.8) is 0 Å². The Morgan fingerprint density at radius 2 is 2.00 bits per heavy atom. The van der Waals surface area contributed by atoms with Gasteiger partial charge in [-0.2, -0.15) is 0 Å². The Morgan fingerprint density at radius 1 is 1.26 bits per heavy atom. The van der Waals surface area contributed by atoms with Gasteiger partial charge in [0, 0.05) is 24.7 Å². The maximum absolute atomic E-state index is 5.85. The highest BCUT2D eigenvalue weighted by Gasteiger charge is 2.10. The number of rotatable bonds is 6. The van der Waals surface area contributed by atoms with E-state index >= 15 is 0 Å². The standard InChI is InChI=1S/C15H20N2O2/c1-3-18-10-11(2)19-15-14-7-5-4-6-13(14)12(8-16)9-17-15/h4-7,9,11H,3,8,10,16H2,1-2H3. The first-order valence-electron chi connectivity index (χ1n) is 6.57.